The highest BCUT2D eigenvalue weighted by Gasteiger charge is 1.98. The summed E-state index contributed by atoms with van der Waals surface area (Å²) in [4.78, 5) is 3.96. The molecule has 0 amide bonds. The molecule has 0 unspecified atom stereocenters. The van der Waals surface area contributed by atoms with Crippen LogP contribution in [-0.4, -0.2) is 4.98 Å². The molecule has 3 rings (SSSR count). The van der Waals surface area contributed by atoms with Gasteiger partial charge in [-0.15, -0.1) is 0 Å². The van der Waals surface area contributed by atoms with Crippen molar-refractivity contribution >= 4 is 10.8 Å². The van der Waals surface area contributed by atoms with E-state index < -0.39 is 0 Å². The fourth-order valence-corrected chi connectivity index (χ4v) is 1.77. The second-order valence-electron chi connectivity index (χ2n) is 3.79. The van der Waals surface area contributed by atoms with Crippen LogP contribution < -0.4 is 4.74 Å². The molecule has 0 radical (unpaired) electrons. The average molecular weight is 221 g/mol. The molecule has 0 bridgehead atoms. The van der Waals surface area contributed by atoms with E-state index in [-0.39, 0.29) is 0 Å². The molecule has 0 aliphatic rings. The molecule has 0 aliphatic carbocycles. The Balaban J connectivity index is 1.96. The van der Waals surface area contributed by atoms with Crippen molar-refractivity contribution in [2.45, 2.75) is 0 Å². The van der Waals surface area contributed by atoms with Gasteiger partial charge in [0, 0.05) is 12.4 Å². The molecule has 17 heavy (non-hydrogen) atoms. The van der Waals surface area contributed by atoms with Crippen LogP contribution in [0.3, 0.4) is 0 Å². The highest BCUT2D eigenvalue weighted by molar-refractivity contribution is 5.83. The van der Waals surface area contributed by atoms with Gasteiger partial charge in [0.2, 0.25) is 0 Å². The van der Waals surface area contributed by atoms with Crippen LogP contribution in [0.25, 0.3) is 10.8 Å². The van der Waals surface area contributed by atoms with Crippen LogP contribution in [0.1, 0.15) is 0 Å². The highest BCUT2D eigenvalue weighted by atomic mass is 16.5. The maximum absolute atomic E-state index is 5.75. The zero-order valence-corrected chi connectivity index (χ0v) is 9.21. The molecule has 0 fully saturated rings. The summed E-state index contributed by atoms with van der Waals surface area (Å²) in [6, 6.07) is 18.0. The van der Waals surface area contributed by atoms with Gasteiger partial charge in [0.25, 0.3) is 0 Å². The first-order valence-electron chi connectivity index (χ1n) is 5.48. The second-order valence-corrected chi connectivity index (χ2v) is 3.79. The number of hydrogen-bond acceptors (Lipinski definition) is 2. The van der Waals surface area contributed by atoms with Gasteiger partial charge in [-0.3, -0.25) is 4.98 Å². The van der Waals surface area contributed by atoms with E-state index in [0.29, 0.717) is 0 Å². The van der Waals surface area contributed by atoms with E-state index in [1.807, 2.05) is 36.4 Å². The summed E-state index contributed by atoms with van der Waals surface area (Å²) < 4.78 is 5.75. The Morgan fingerprint density at radius 2 is 1.47 bits per heavy atom. The van der Waals surface area contributed by atoms with Gasteiger partial charge in [-0.1, -0.05) is 30.3 Å². The van der Waals surface area contributed by atoms with Gasteiger partial charge in [-0.25, -0.2) is 0 Å². The minimum Gasteiger partial charge on any atom is -0.457 e. The third kappa shape index (κ3) is 2.11. The number of pyridine rings is 1. The van der Waals surface area contributed by atoms with Gasteiger partial charge in [0.15, 0.2) is 0 Å². The minimum absolute atomic E-state index is 0.801. The average Bonchev–Trinajstić information content (AvgIpc) is 2.40. The first-order valence-corrected chi connectivity index (χ1v) is 5.48. The van der Waals surface area contributed by atoms with Crippen LogP contribution in [0.4, 0.5) is 0 Å². The first kappa shape index (κ1) is 9.85. The monoisotopic (exact) mass is 221 g/mol. The molecular weight excluding hydrogens is 210 g/mol. The van der Waals surface area contributed by atoms with Gasteiger partial charge in [0.05, 0.1) is 0 Å². The number of nitrogens with zero attached hydrogens (tertiary/aromatic N) is 1. The topological polar surface area (TPSA) is 22.1 Å². The standard InChI is InChI=1S/C15H11NO/c1-2-4-13-11-15(6-5-12(13)3-1)17-14-7-9-16-10-8-14/h1-11H. The summed E-state index contributed by atoms with van der Waals surface area (Å²) >= 11 is 0. The van der Waals surface area contributed by atoms with Gasteiger partial charge in [-0.2, -0.15) is 0 Å². The molecule has 0 N–H and O–H groups in total. The summed E-state index contributed by atoms with van der Waals surface area (Å²) in [5.41, 5.74) is 0. The number of rotatable bonds is 2. The fraction of sp³-hybridized carbons (Fsp3) is 0. The highest BCUT2D eigenvalue weighted by Crippen LogP contribution is 2.24. The third-order valence-electron chi connectivity index (χ3n) is 2.61. The third-order valence-corrected chi connectivity index (χ3v) is 2.61. The Morgan fingerprint density at radius 3 is 2.29 bits per heavy atom. The Labute approximate surface area is 99.5 Å². The molecule has 2 aromatic carbocycles. The zero-order valence-electron chi connectivity index (χ0n) is 9.21. The van der Waals surface area contributed by atoms with Gasteiger partial charge < -0.3 is 4.74 Å². The lowest BCUT2D eigenvalue weighted by atomic mass is 10.1. The van der Waals surface area contributed by atoms with Crippen LogP contribution in [0.15, 0.2) is 67.0 Å². The molecule has 3 aromatic rings. The van der Waals surface area contributed by atoms with E-state index in [4.69, 9.17) is 4.74 Å². The first-order chi connectivity index (χ1) is 8.42. The molecule has 0 aliphatic heterocycles. The van der Waals surface area contributed by atoms with E-state index >= 15 is 0 Å². The number of hydrogen-bond donors (Lipinski definition) is 0. The molecule has 1 aromatic heterocycles. The van der Waals surface area contributed by atoms with Crippen molar-refractivity contribution in [1.29, 1.82) is 0 Å². The van der Waals surface area contributed by atoms with Crippen molar-refractivity contribution in [2.75, 3.05) is 0 Å². The van der Waals surface area contributed by atoms with Crippen molar-refractivity contribution in [2.24, 2.45) is 0 Å². The Morgan fingerprint density at radius 1 is 0.706 bits per heavy atom. The Kier molecular flexibility index (Phi) is 2.47. The zero-order chi connectivity index (χ0) is 11.5. The van der Waals surface area contributed by atoms with Crippen LogP contribution in [0, 0.1) is 0 Å². The summed E-state index contributed by atoms with van der Waals surface area (Å²) in [7, 11) is 0. The molecule has 0 saturated heterocycles. The lowest BCUT2D eigenvalue weighted by Crippen LogP contribution is -1.84. The van der Waals surface area contributed by atoms with E-state index in [9.17, 15) is 0 Å². The predicted molar refractivity (Wildman–Crippen MR) is 68.3 cm³/mol. The van der Waals surface area contributed by atoms with Gasteiger partial charge in [0.1, 0.15) is 11.5 Å². The lowest BCUT2D eigenvalue weighted by molar-refractivity contribution is 0.482. The van der Waals surface area contributed by atoms with Gasteiger partial charge in [-0.05, 0) is 35.0 Å². The number of ether oxygens (including phenoxy) is 1. The minimum atomic E-state index is 0.801. The van der Waals surface area contributed by atoms with Crippen molar-refractivity contribution in [3.63, 3.8) is 0 Å². The van der Waals surface area contributed by atoms with Gasteiger partial charge >= 0.3 is 0 Å². The van der Waals surface area contributed by atoms with Crippen LogP contribution in [0.5, 0.6) is 11.5 Å². The Hall–Kier alpha value is -2.35. The Bertz CT molecular complexity index is 635. The smallest absolute Gasteiger partial charge is 0.130 e. The van der Waals surface area contributed by atoms with Crippen LogP contribution in [-0.2, 0) is 0 Å². The lowest BCUT2D eigenvalue weighted by Gasteiger charge is -2.06. The maximum Gasteiger partial charge on any atom is 0.130 e. The summed E-state index contributed by atoms with van der Waals surface area (Å²) in [6.45, 7) is 0. The van der Waals surface area contributed by atoms with E-state index in [1.165, 1.54) is 10.8 Å². The van der Waals surface area contributed by atoms with E-state index in [2.05, 4.69) is 23.2 Å². The SMILES string of the molecule is c1ccc2cc(Oc3ccncc3)ccc2c1. The van der Waals surface area contributed by atoms with Crippen molar-refractivity contribution in [3.05, 3.63) is 67.0 Å². The number of aromatic nitrogens is 1. The van der Waals surface area contributed by atoms with Crippen molar-refractivity contribution in [1.82, 2.24) is 4.98 Å². The number of fused-ring (bicyclic) bond motifs is 1. The molecule has 0 spiro atoms. The van der Waals surface area contributed by atoms with Crippen LogP contribution in [0.2, 0.25) is 0 Å². The molecule has 0 saturated carbocycles. The predicted octanol–water partition coefficient (Wildman–Crippen LogP) is 4.03. The maximum atomic E-state index is 5.75. The fourth-order valence-electron chi connectivity index (χ4n) is 1.77. The van der Waals surface area contributed by atoms with Crippen molar-refractivity contribution in [3.8, 4) is 11.5 Å². The normalized spacial score (nSPS) is 10.4. The van der Waals surface area contributed by atoms with E-state index in [1.54, 1.807) is 12.4 Å². The van der Waals surface area contributed by atoms with Crippen molar-refractivity contribution < 1.29 is 4.74 Å². The molecule has 0 atom stereocenters. The molecule has 2 nitrogen and oxygen atoms in total. The van der Waals surface area contributed by atoms with Crippen LogP contribution >= 0.6 is 0 Å². The largest absolute Gasteiger partial charge is 0.457 e. The van der Waals surface area contributed by atoms with E-state index in [0.717, 1.165) is 11.5 Å². The molecular formula is C15H11NO. The summed E-state index contributed by atoms with van der Waals surface area (Å²) in [6.07, 6.45) is 3.44. The second kappa shape index (κ2) is 4.26. The quantitative estimate of drug-likeness (QED) is 0.651. The molecule has 82 valence electrons. The summed E-state index contributed by atoms with van der Waals surface area (Å²) in [5, 5.41) is 2.40. The number of benzene rings is 2. The molecule has 2 heteroatoms. The molecule has 1 heterocycles. The summed E-state index contributed by atoms with van der Waals surface area (Å²) in [5.74, 6) is 1.64.